The van der Waals surface area contributed by atoms with Crippen LogP contribution in [0.4, 0.5) is 5.69 Å². The van der Waals surface area contributed by atoms with E-state index in [1.165, 1.54) is 0 Å². The zero-order chi connectivity index (χ0) is 10.8. The molecule has 0 saturated carbocycles. The Morgan fingerprint density at radius 3 is 2.93 bits per heavy atom. The largest absolute Gasteiger partial charge is 0.309 e. The van der Waals surface area contributed by atoms with Gasteiger partial charge in [-0.3, -0.25) is 9.78 Å². The fourth-order valence-corrected chi connectivity index (χ4v) is 1.89. The highest BCUT2D eigenvalue weighted by atomic mass is 16.2. The number of hydrogen-bond donors (Lipinski definition) is 1. The third kappa shape index (κ3) is 1.85. The molecular formula is C11H15N3O. The van der Waals surface area contributed by atoms with Crippen LogP contribution in [0.5, 0.6) is 0 Å². The van der Waals surface area contributed by atoms with E-state index in [1.54, 1.807) is 17.3 Å². The summed E-state index contributed by atoms with van der Waals surface area (Å²) in [6.45, 7) is 2.75. The van der Waals surface area contributed by atoms with Crippen molar-refractivity contribution in [1.29, 1.82) is 0 Å². The molecule has 1 atom stereocenters. The Hall–Kier alpha value is -1.42. The lowest BCUT2D eigenvalue weighted by atomic mass is 10.2. The summed E-state index contributed by atoms with van der Waals surface area (Å²) in [7, 11) is 1.82. The van der Waals surface area contributed by atoms with Crippen molar-refractivity contribution in [2.24, 2.45) is 0 Å². The molecule has 0 bridgehead atoms. The van der Waals surface area contributed by atoms with E-state index in [2.05, 4.69) is 10.3 Å². The van der Waals surface area contributed by atoms with Crippen molar-refractivity contribution < 1.29 is 4.79 Å². The first-order valence-corrected chi connectivity index (χ1v) is 5.12. The number of hydrogen-bond acceptors (Lipinski definition) is 3. The molecule has 80 valence electrons. The Labute approximate surface area is 89.3 Å². The number of carbonyl (C=O) groups excluding carboxylic acids is 1. The van der Waals surface area contributed by atoms with Crippen molar-refractivity contribution in [3.05, 3.63) is 24.0 Å². The lowest BCUT2D eigenvalue weighted by Crippen LogP contribution is -2.36. The van der Waals surface area contributed by atoms with Crippen molar-refractivity contribution >= 4 is 11.6 Å². The monoisotopic (exact) mass is 205 g/mol. The van der Waals surface area contributed by atoms with Gasteiger partial charge in [0, 0.05) is 12.7 Å². The van der Waals surface area contributed by atoms with Crippen LogP contribution in [-0.4, -0.2) is 30.5 Å². The van der Waals surface area contributed by atoms with Gasteiger partial charge in [0.2, 0.25) is 5.91 Å². The van der Waals surface area contributed by atoms with Gasteiger partial charge in [0.05, 0.1) is 17.9 Å². The third-order valence-electron chi connectivity index (χ3n) is 2.73. The van der Waals surface area contributed by atoms with Gasteiger partial charge in [-0.15, -0.1) is 0 Å². The molecule has 1 aliphatic rings. The van der Waals surface area contributed by atoms with Crippen LogP contribution in [0.15, 0.2) is 18.5 Å². The number of nitrogens with one attached hydrogen (secondary N) is 1. The van der Waals surface area contributed by atoms with Gasteiger partial charge in [0.25, 0.3) is 0 Å². The number of aryl methyl sites for hydroxylation is 1. The third-order valence-corrected chi connectivity index (χ3v) is 2.73. The van der Waals surface area contributed by atoms with Crippen LogP contribution in [0.1, 0.15) is 12.0 Å². The molecule has 1 unspecified atom stereocenters. The van der Waals surface area contributed by atoms with E-state index >= 15 is 0 Å². The Morgan fingerprint density at radius 2 is 2.33 bits per heavy atom. The molecule has 1 N–H and O–H groups in total. The second kappa shape index (κ2) is 3.98. The molecule has 15 heavy (non-hydrogen) atoms. The number of nitrogens with zero attached hydrogens (tertiary/aromatic N) is 2. The first-order valence-electron chi connectivity index (χ1n) is 5.12. The lowest BCUT2D eigenvalue weighted by molar-refractivity contribution is -0.118. The molecule has 2 rings (SSSR count). The van der Waals surface area contributed by atoms with Gasteiger partial charge in [0.15, 0.2) is 0 Å². The first-order chi connectivity index (χ1) is 7.22. The number of likely N-dealkylation sites (N-methyl/N-ethyl adjacent to an activating group) is 1. The summed E-state index contributed by atoms with van der Waals surface area (Å²) < 4.78 is 0. The quantitative estimate of drug-likeness (QED) is 0.773. The maximum absolute atomic E-state index is 11.9. The molecule has 4 heteroatoms. The maximum Gasteiger partial charge on any atom is 0.244 e. The fraction of sp³-hybridized carbons (Fsp3) is 0.455. The molecule has 1 amide bonds. The zero-order valence-electron chi connectivity index (χ0n) is 9.03. The van der Waals surface area contributed by atoms with Crippen molar-refractivity contribution in [2.75, 3.05) is 18.5 Å². The second-order valence-electron chi connectivity index (χ2n) is 3.84. The standard InChI is InChI=1S/C11H15N3O/c1-8-5-9(7-13-6-8)14-4-3-10(12-2)11(14)15/h5-7,10,12H,3-4H2,1-2H3. The zero-order valence-corrected chi connectivity index (χ0v) is 9.03. The maximum atomic E-state index is 11.9. The molecule has 1 aromatic rings. The van der Waals surface area contributed by atoms with E-state index in [0.29, 0.717) is 0 Å². The van der Waals surface area contributed by atoms with Crippen molar-refractivity contribution in [1.82, 2.24) is 10.3 Å². The second-order valence-corrected chi connectivity index (χ2v) is 3.84. The van der Waals surface area contributed by atoms with Gasteiger partial charge in [-0.2, -0.15) is 0 Å². The summed E-state index contributed by atoms with van der Waals surface area (Å²) in [5, 5.41) is 3.02. The molecule has 0 aromatic carbocycles. The van der Waals surface area contributed by atoms with Gasteiger partial charge < -0.3 is 10.2 Å². The van der Waals surface area contributed by atoms with E-state index in [9.17, 15) is 4.79 Å². The van der Waals surface area contributed by atoms with Crippen LogP contribution in [0, 0.1) is 6.92 Å². The minimum atomic E-state index is -0.0366. The molecule has 0 spiro atoms. The molecule has 1 aromatic heterocycles. The van der Waals surface area contributed by atoms with Crippen LogP contribution in [0.25, 0.3) is 0 Å². The van der Waals surface area contributed by atoms with Crippen LogP contribution in [0.2, 0.25) is 0 Å². The van der Waals surface area contributed by atoms with Gasteiger partial charge >= 0.3 is 0 Å². The summed E-state index contributed by atoms with van der Waals surface area (Å²) >= 11 is 0. The molecule has 4 nitrogen and oxygen atoms in total. The average molecular weight is 205 g/mol. The highest BCUT2D eigenvalue weighted by Crippen LogP contribution is 2.21. The molecule has 0 radical (unpaired) electrons. The Balaban J connectivity index is 2.22. The van der Waals surface area contributed by atoms with E-state index in [1.807, 2.05) is 20.0 Å². The van der Waals surface area contributed by atoms with E-state index in [4.69, 9.17) is 0 Å². The molecule has 1 saturated heterocycles. The molecule has 0 aliphatic carbocycles. The SMILES string of the molecule is CNC1CCN(c2cncc(C)c2)C1=O. The molecule has 1 aliphatic heterocycles. The number of carbonyl (C=O) groups is 1. The number of anilines is 1. The summed E-state index contributed by atoms with van der Waals surface area (Å²) in [4.78, 5) is 17.8. The van der Waals surface area contributed by atoms with Crippen LogP contribution in [-0.2, 0) is 4.79 Å². The van der Waals surface area contributed by atoms with E-state index < -0.39 is 0 Å². The van der Waals surface area contributed by atoms with Gasteiger partial charge in [-0.25, -0.2) is 0 Å². The summed E-state index contributed by atoms with van der Waals surface area (Å²) in [5.74, 6) is 0.143. The van der Waals surface area contributed by atoms with E-state index in [-0.39, 0.29) is 11.9 Å². The Bertz CT molecular complexity index is 378. The smallest absolute Gasteiger partial charge is 0.244 e. The topological polar surface area (TPSA) is 45.2 Å². The predicted molar refractivity (Wildman–Crippen MR) is 58.8 cm³/mol. The van der Waals surface area contributed by atoms with Crippen molar-refractivity contribution in [2.45, 2.75) is 19.4 Å². The minimum Gasteiger partial charge on any atom is -0.309 e. The summed E-state index contributed by atoms with van der Waals surface area (Å²) in [6, 6.07) is 1.95. The lowest BCUT2D eigenvalue weighted by Gasteiger charge is -2.16. The summed E-state index contributed by atoms with van der Waals surface area (Å²) in [6.07, 6.45) is 4.39. The average Bonchev–Trinajstić information content (AvgIpc) is 2.59. The number of pyridine rings is 1. The van der Waals surface area contributed by atoms with Crippen molar-refractivity contribution in [3.8, 4) is 0 Å². The molecule has 1 fully saturated rings. The molecular weight excluding hydrogens is 190 g/mol. The normalized spacial score (nSPS) is 21.1. The summed E-state index contributed by atoms with van der Waals surface area (Å²) in [5.41, 5.74) is 1.98. The highest BCUT2D eigenvalue weighted by Gasteiger charge is 2.31. The van der Waals surface area contributed by atoms with Crippen LogP contribution in [0.3, 0.4) is 0 Å². The Morgan fingerprint density at radius 1 is 1.53 bits per heavy atom. The van der Waals surface area contributed by atoms with Crippen LogP contribution >= 0.6 is 0 Å². The van der Waals surface area contributed by atoms with Crippen LogP contribution < -0.4 is 10.2 Å². The van der Waals surface area contributed by atoms with Gasteiger partial charge in [-0.1, -0.05) is 0 Å². The highest BCUT2D eigenvalue weighted by molar-refractivity contribution is 5.99. The first kappa shape index (κ1) is 10.1. The fourth-order valence-electron chi connectivity index (χ4n) is 1.89. The Kier molecular flexibility index (Phi) is 2.68. The predicted octanol–water partition coefficient (Wildman–Crippen LogP) is 0.715. The number of aromatic nitrogens is 1. The van der Waals surface area contributed by atoms with Gasteiger partial charge in [-0.05, 0) is 32.0 Å². The minimum absolute atomic E-state index is 0.0366. The van der Waals surface area contributed by atoms with E-state index in [0.717, 1.165) is 24.2 Å². The number of rotatable bonds is 2. The van der Waals surface area contributed by atoms with Crippen molar-refractivity contribution in [3.63, 3.8) is 0 Å². The molecule has 2 heterocycles. The number of amides is 1. The van der Waals surface area contributed by atoms with Gasteiger partial charge in [0.1, 0.15) is 0 Å².